The van der Waals surface area contributed by atoms with Crippen LogP contribution in [0, 0.1) is 23.7 Å². The van der Waals surface area contributed by atoms with Gasteiger partial charge in [0.2, 0.25) is 23.6 Å². The summed E-state index contributed by atoms with van der Waals surface area (Å²) >= 11 is 0. The Morgan fingerprint density at radius 3 is 2.14 bits per heavy atom. The van der Waals surface area contributed by atoms with Gasteiger partial charge in [-0.3, -0.25) is 28.8 Å². The number of Topliss-reactive ketones (excluding diaryl/α,β-unsaturated/α-hetero) is 1. The molecule has 3 rings (SSSR count). The van der Waals surface area contributed by atoms with Gasteiger partial charge in [0.1, 0.15) is 36.0 Å². The molecule has 16 nitrogen and oxygen atoms in total. The third kappa shape index (κ3) is 12.2. The molecule has 58 heavy (non-hydrogen) atoms. The van der Waals surface area contributed by atoms with E-state index < -0.39 is 108 Å². The molecule has 5 N–H and O–H groups in total. The van der Waals surface area contributed by atoms with Gasteiger partial charge in [-0.2, -0.15) is 0 Å². The number of aliphatic hydroxyl groups excluding tert-OH is 1. The molecule has 1 aromatic rings. The molecule has 4 amide bonds. The van der Waals surface area contributed by atoms with E-state index in [4.69, 9.17) is 19.9 Å². The van der Waals surface area contributed by atoms with Crippen LogP contribution in [0.1, 0.15) is 93.1 Å². The van der Waals surface area contributed by atoms with Crippen molar-refractivity contribution in [2.24, 2.45) is 29.4 Å². The van der Waals surface area contributed by atoms with Crippen molar-refractivity contribution in [3.8, 4) is 5.75 Å². The SMILES string of the molecule is CC[C@H](C)C1NC(=O)[C@@H](N)[C@@H](C)OC(=O)[C@H](Cc2ccc(OC)cc2)N(C)C(=O)[C@@H]2CCCN2C(=O)[C@H](CC(C)C)NC(=O)[C@@H](C)C(=O)[C@H](C(C)C)OC(=O)C[C@@H]1O. The minimum atomic E-state index is -1.47. The van der Waals surface area contributed by atoms with Gasteiger partial charge in [0.05, 0.1) is 31.6 Å². The van der Waals surface area contributed by atoms with Crippen molar-refractivity contribution >= 4 is 41.4 Å². The van der Waals surface area contributed by atoms with Crippen molar-refractivity contribution in [3.05, 3.63) is 29.8 Å². The van der Waals surface area contributed by atoms with Gasteiger partial charge in [-0.15, -0.1) is 0 Å². The molecule has 10 atom stereocenters. The van der Waals surface area contributed by atoms with Crippen molar-refractivity contribution in [2.75, 3.05) is 20.7 Å². The van der Waals surface area contributed by atoms with Crippen LogP contribution in [0.15, 0.2) is 24.3 Å². The number of benzene rings is 1. The third-order valence-corrected chi connectivity index (χ3v) is 11.2. The molecule has 1 aromatic carbocycles. The molecule has 16 heteroatoms. The molecule has 0 radical (unpaired) electrons. The second kappa shape index (κ2) is 21.4. The Hall–Kier alpha value is -4.57. The summed E-state index contributed by atoms with van der Waals surface area (Å²) in [7, 11) is 2.97. The van der Waals surface area contributed by atoms with E-state index in [0.717, 1.165) is 0 Å². The number of methoxy groups -OCH3 is 1. The van der Waals surface area contributed by atoms with Crippen molar-refractivity contribution in [2.45, 2.75) is 142 Å². The molecule has 1 unspecified atom stereocenters. The number of rotatable bonds is 8. The highest BCUT2D eigenvalue weighted by molar-refractivity contribution is 6.05. The lowest BCUT2D eigenvalue weighted by Gasteiger charge is -2.35. The molecule has 2 aliphatic heterocycles. The summed E-state index contributed by atoms with van der Waals surface area (Å²) in [6, 6.07) is 1.21. The van der Waals surface area contributed by atoms with Crippen molar-refractivity contribution in [3.63, 3.8) is 0 Å². The first-order valence-electron chi connectivity index (χ1n) is 20.4. The average molecular weight is 816 g/mol. The summed E-state index contributed by atoms with van der Waals surface area (Å²) in [5.41, 5.74) is 7.01. The van der Waals surface area contributed by atoms with Crippen LogP contribution in [-0.4, -0.2) is 125 Å². The van der Waals surface area contributed by atoms with Gasteiger partial charge in [0.25, 0.3) is 0 Å². The van der Waals surface area contributed by atoms with Crippen molar-refractivity contribution < 1.29 is 52.9 Å². The molecular weight excluding hydrogens is 750 g/mol. The average Bonchev–Trinajstić information content (AvgIpc) is 3.68. The number of cyclic esters (lactones) is 2. The standard InChI is InChI=1S/C42H65N5O11/c1-11-24(6)35-32(48)21-33(49)58-37(23(4)5)36(50)25(7)38(51)44-29(19-22(2)3)40(53)47-18-12-13-30(47)41(54)46(9)31(20-27-14-16-28(56-10)17-15-27)42(55)57-26(8)34(43)39(52)45-35/h14-17,22-26,29-32,34-35,37,48H,11-13,18-21,43H2,1-10H3,(H,44,51)(H,45,52)/t24-,25-,26+,29-,30-,31-,32-,34-,35?,37-/m0/s1. The van der Waals surface area contributed by atoms with E-state index in [9.17, 15) is 38.7 Å². The van der Waals surface area contributed by atoms with Gasteiger partial charge >= 0.3 is 11.9 Å². The Morgan fingerprint density at radius 1 is 0.931 bits per heavy atom. The number of fused-ring (bicyclic) bond motifs is 1. The summed E-state index contributed by atoms with van der Waals surface area (Å²) < 4.78 is 16.7. The normalized spacial score (nSPS) is 29.8. The number of carbonyl (C=O) groups excluding carboxylic acids is 7. The topological polar surface area (TPSA) is 224 Å². The Bertz CT molecular complexity index is 1620. The van der Waals surface area contributed by atoms with Crippen LogP contribution in [0.25, 0.3) is 0 Å². The van der Waals surface area contributed by atoms with Crippen molar-refractivity contribution in [1.29, 1.82) is 0 Å². The van der Waals surface area contributed by atoms with E-state index in [1.807, 2.05) is 20.8 Å². The summed E-state index contributed by atoms with van der Waals surface area (Å²) in [6.07, 6.45) is -3.15. The summed E-state index contributed by atoms with van der Waals surface area (Å²) in [5, 5.41) is 16.7. The molecule has 2 heterocycles. The third-order valence-electron chi connectivity index (χ3n) is 11.2. The zero-order valence-electron chi connectivity index (χ0n) is 35.7. The minimum Gasteiger partial charge on any atom is -0.497 e. The molecule has 0 spiro atoms. The maximum Gasteiger partial charge on any atom is 0.329 e. The largest absolute Gasteiger partial charge is 0.497 e. The maximum atomic E-state index is 14.4. The minimum absolute atomic E-state index is 0.00753. The fourth-order valence-corrected chi connectivity index (χ4v) is 7.30. The molecule has 0 aromatic heterocycles. The molecule has 0 aliphatic carbocycles. The monoisotopic (exact) mass is 815 g/mol. The first-order valence-corrected chi connectivity index (χ1v) is 20.4. The van der Waals surface area contributed by atoms with Crippen LogP contribution in [0.2, 0.25) is 0 Å². The number of hydrogen-bond acceptors (Lipinski definition) is 12. The molecule has 0 saturated carbocycles. The fourth-order valence-electron chi connectivity index (χ4n) is 7.30. The van der Waals surface area contributed by atoms with Gasteiger partial charge < -0.3 is 45.5 Å². The number of ketones is 1. The van der Waals surface area contributed by atoms with Gasteiger partial charge in [-0.1, -0.05) is 60.1 Å². The summed E-state index contributed by atoms with van der Waals surface area (Å²) in [5.74, 6) is -6.77. The van der Waals surface area contributed by atoms with E-state index in [-0.39, 0.29) is 31.2 Å². The first-order chi connectivity index (χ1) is 27.2. The zero-order valence-corrected chi connectivity index (χ0v) is 35.7. The lowest BCUT2D eigenvalue weighted by Crippen LogP contribution is -2.58. The van der Waals surface area contributed by atoms with Crippen LogP contribution >= 0.6 is 0 Å². The fraction of sp³-hybridized carbons (Fsp3) is 0.690. The van der Waals surface area contributed by atoms with Crippen LogP contribution in [0.5, 0.6) is 5.75 Å². The van der Waals surface area contributed by atoms with E-state index in [1.165, 1.54) is 37.8 Å². The molecular formula is C42H65N5O11. The van der Waals surface area contributed by atoms with E-state index in [2.05, 4.69) is 10.6 Å². The number of carbonyl (C=O) groups is 7. The van der Waals surface area contributed by atoms with Crippen LogP contribution in [0.4, 0.5) is 0 Å². The molecule has 0 bridgehead atoms. The Labute approximate surface area is 342 Å². The number of aliphatic hydroxyl groups is 1. The highest BCUT2D eigenvalue weighted by Crippen LogP contribution is 2.25. The van der Waals surface area contributed by atoms with Crippen LogP contribution in [-0.2, 0) is 49.5 Å². The number of esters is 2. The lowest BCUT2D eigenvalue weighted by molar-refractivity contribution is -0.162. The number of nitrogens with one attached hydrogen (secondary N) is 2. The molecule has 2 saturated heterocycles. The van der Waals surface area contributed by atoms with E-state index in [1.54, 1.807) is 45.0 Å². The summed E-state index contributed by atoms with van der Waals surface area (Å²) in [4.78, 5) is 99.7. The smallest absolute Gasteiger partial charge is 0.329 e. The second-order valence-electron chi connectivity index (χ2n) is 16.5. The number of nitrogens with zero attached hydrogens (tertiary/aromatic N) is 2. The van der Waals surface area contributed by atoms with Gasteiger partial charge in [0, 0.05) is 20.0 Å². The number of amides is 4. The van der Waals surface area contributed by atoms with Crippen LogP contribution < -0.4 is 21.1 Å². The number of hydrogen-bond donors (Lipinski definition) is 4. The number of ether oxygens (including phenoxy) is 3. The van der Waals surface area contributed by atoms with Gasteiger partial charge in [-0.25, -0.2) is 4.79 Å². The molecule has 2 fully saturated rings. The maximum absolute atomic E-state index is 14.4. The van der Waals surface area contributed by atoms with E-state index in [0.29, 0.717) is 30.6 Å². The van der Waals surface area contributed by atoms with Gasteiger partial charge in [-0.05, 0) is 68.6 Å². The van der Waals surface area contributed by atoms with E-state index >= 15 is 0 Å². The first kappa shape index (κ1) is 47.8. The Balaban J connectivity index is 2.11. The Morgan fingerprint density at radius 2 is 1.57 bits per heavy atom. The van der Waals surface area contributed by atoms with Crippen molar-refractivity contribution in [1.82, 2.24) is 20.4 Å². The highest BCUT2D eigenvalue weighted by Gasteiger charge is 2.43. The molecule has 2 aliphatic rings. The predicted octanol–water partition coefficient (Wildman–Crippen LogP) is 1.91. The summed E-state index contributed by atoms with van der Waals surface area (Å²) in [6.45, 7) is 13.7. The van der Waals surface area contributed by atoms with Crippen LogP contribution in [0.3, 0.4) is 0 Å². The second-order valence-corrected chi connectivity index (χ2v) is 16.5. The zero-order chi connectivity index (χ0) is 43.6. The predicted molar refractivity (Wildman–Crippen MR) is 214 cm³/mol. The number of nitrogens with two attached hydrogens (primary N) is 1. The Kier molecular flexibility index (Phi) is 17.7. The number of likely N-dealkylation sites (N-methyl/N-ethyl adjacent to an activating group) is 1. The molecule has 324 valence electrons. The highest BCUT2D eigenvalue weighted by atomic mass is 16.6. The van der Waals surface area contributed by atoms with Gasteiger partial charge in [0.15, 0.2) is 11.9 Å². The quantitative estimate of drug-likeness (QED) is 0.218. The lowest BCUT2D eigenvalue weighted by atomic mass is 9.91.